The average Bonchev–Trinajstić information content (AvgIpc) is 2.77. The third-order valence-electron chi connectivity index (χ3n) is 5.32. The Morgan fingerprint density at radius 2 is 1.76 bits per heavy atom. The molecule has 1 N–H and O–H groups in total. The molecule has 0 bridgehead atoms. The first kappa shape index (κ1) is 23.5. The number of fused-ring (bicyclic) bond motifs is 1. The number of alkyl halides is 3. The molecule has 1 aromatic carbocycles. The minimum Gasteiger partial charge on any atom is -0.444 e. The lowest BCUT2D eigenvalue weighted by molar-refractivity contribution is -0.137. The number of aromatic nitrogens is 3. The van der Waals surface area contributed by atoms with Crippen molar-refractivity contribution in [2.24, 2.45) is 0 Å². The molecule has 0 radical (unpaired) electrons. The fourth-order valence-electron chi connectivity index (χ4n) is 3.65. The summed E-state index contributed by atoms with van der Waals surface area (Å²) in [4.78, 5) is 39.5. The molecular formula is C23H24F3N5O3. The van der Waals surface area contributed by atoms with Crippen molar-refractivity contribution in [1.82, 2.24) is 19.9 Å². The fraction of sp³-hybridized carbons (Fsp3) is 0.391. The lowest BCUT2D eigenvalue weighted by Gasteiger charge is -2.36. The molecule has 8 nitrogen and oxygen atoms in total. The van der Waals surface area contributed by atoms with E-state index in [1.54, 1.807) is 23.1 Å². The van der Waals surface area contributed by atoms with Crippen molar-refractivity contribution in [2.45, 2.75) is 32.5 Å². The first-order valence-corrected chi connectivity index (χ1v) is 10.7. The van der Waals surface area contributed by atoms with Gasteiger partial charge >= 0.3 is 12.3 Å². The second-order valence-electron chi connectivity index (χ2n) is 9.00. The summed E-state index contributed by atoms with van der Waals surface area (Å²) in [6, 6.07) is 6.84. The summed E-state index contributed by atoms with van der Waals surface area (Å²) in [5, 5.41) is 0.308. The van der Waals surface area contributed by atoms with Gasteiger partial charge in [0.25, 0.3) is 5.56 Å². The van der Waals surface area contributed by atoms with E-state index in [-0.39, 0.29) is 17.6 Å². The number of benzene rings is 1. The molecule has 11 heteroatoms. The quantitative estimate of drug-likeness (QED) is 0.601. The maximum absolute atomic E-state index is 13.0. The highest BCUT2D eigenvalue weighted by atomic mass is 19.4. The first-order valence-electron chi connectivity index (χ1n) is 10.7. The third-order valence-corrected chi connectivity index (χ3v) is 5.32. The monoisotopic (exact) mass is 475 g/mol. The van der Waals surface area contributed by atoms with Crippen LogP contribution in [0.2, 0.25) is 0 Å². The van der Waals surface area contributed by atoms with E-state index in [1.165, 1.54) is 0 Å². The molecule has 0 atom stereocenters. The molecule has 1 fully saturated rings. The number of carbonyl (C=O) groups excluding carboxylic acids is 1. The molecule has 1 aliphatic rings. The molecule has 1 saturated heterocycles. The number of nitrogens with one attached hydrogen (secondary N) is 1. The van der Waals surface area contributed by atoms with Gasteiger partial charge < -0.3 is 19.5 Å². The van der Waals surface area contributed by atoms with Gasteiger partial charge in [0, 0.05) is 38.1 Å². The van der Waals surface area contributed by atoms with Crippen LogP contribution in [0.4, 0.5) is 23.7 Å². The minimum absolute atomic E-state index is 0.0395. The third kappa shape index (κ3) is 5.13. The summed E-state index contributed by atoms with van der Waals surface area (Å²) in [6.45, 7) is 7.51. The molecule has 4 rings (SSSR count). The molecule has 0 spiro atoms. The summed E-state index contributed by atoms with van der Waals surface area (Å²) in [6.07, 6.45) is -3.86. The number of hydrogen-bond donors (Lipinski definition) is 1. The Balaban J connectivity index is 1.54. The fourth-order valence-corrected chi connectivity index (χ4v) is 3.65. The summed E-state index contributed by atoms with van der Waals surface area (Å²) in [5.41, 5.74) is -0.864. The first-order chi connectivity index (χ1) is 15.9. The van der Waals surface area contributed by atoms with Gasteiger partial charge in [0.15, 0.2) is 5.82 Å². The van der Waals surface area contributed by atoms with Crippen LogP contribution in [0.1, 0.15) is 26.3 Å². The lowest BCUT2D eigenvalue weighted by atomic mass is 10.1. The van der Waals surface area contributed by atoms with Crippen molar-refractivity contribution in [1.29, 1.82) is 0 Å². The number of rotatable bonds is 2. The highest BCUT2D eigenvalue weighted by Gasteiger charge is 2.31. The van der Waals surface area contributed by atoms with Crippen LogP contribution >= 0.6 is 0 Å². The zero-order valence-corrected chi connectivity index (χ0v) is 18.9. The summed E-state index contributed by atoms with van der Waals surface area (Å²) >= 11 is 0. The van der Waals surface area contributed by atoms with E-state index >= 15 is 0 Å². The zero-order valence-electron chi connectivity index (χ0n) is 18.9. The van der Waals surface area contributed by atoms with Gasteiger partial charge in [-0.15, -0.1) is 0 Å². The van der Waals surface area contributed by atoms with Crippen molar-refractivity contribution in [3.63, 3.8) is 0 Å². The van der Waals surface area contributed by atoms with Crippen LogP contribution < -0.4 is 10.5 Å². The van der Waals surface area contributed by atoms with Gasteiger partial charge in [-0.2, -0.15) is 13.2 Å². The Kier molecular flexibility index (Phi) is 5.96. The Bertz CT molecular complexity index is 1280. The van der Waals surface area contributed by atoms with E-state index in [2.05, 4.69) is 15.0 Å². The Morgan fingerprint density at radius 1 is 1.06 bits per heavy atom. The highest BCUT2D eigenvalue weighted by molar-refractivity contribution is 5.83. The van der Waals surface area contributed by atoms with Gasteiger partial charge in [0.2, 0.25) is 0 Å². The van der Waals surface area contributed by atoms with Gasteiger partial charge in [-0.3, -0.25) is 9.78 Å². The van der Waals surface area contributed by atoms with Crippen LogP contribution in [0, 0.1) is 0 Å². The van der Waals surface area contributed by atoms with E-state index < -0.39 is 22.9 Å². The standard InChI is InChI=1S/C23H24F3N5O3/c1-22(2,3)34-21(33)31-10-8-30(9-11-31)15-4-5-17-16(13-15)20(32)29-19(28-17)18-12-14(6-7-27-18)23(24,25)26/h4-7,12-13H,8-11H2,1-3H3,(H,28,29,32). The predicted octanol–water partition coefficient (Wildman–Crippen LogP) is 4.06. The molecule has 0 unspecified atom stereocenters. The van der Waals surface area contributed by atoms with Crippen LogP contribution in [-0.4, -0.2) is 57.7 Å². The summed E-state index contributed by atoms with van der Waals surface area (Å²) in [5.74, 6) is -0.0395. The van der Waals surface area contributed by atoms with Crippen molar-refractivity contribution >= 4 is 22.7 Å². The number of H-pyrrole nitrogens is 1. The van der Waals surface area contributed by atoms with E-state index in [9.17, 15) is 22.8 Å². The molecule has 3 aromatic rings. The van der Waals surface area contributed by atoms with E-state index in [0.29, 0.717) is 37.1 Å². The summed E-state index contributed by atoms with van der Waals surface area (Å²) < 4.78 is 44.5. The number of piperazine rings is 1. The number of ether oxygens (including phenoxy) is 1. The van der Waals surface area contributed by atoms with Crippen molar-refractivity contribution in [3.05, 3.63) is 52.4 Å². The molecule has 34 heavy (non-hydrogen) atoms. The summed E-state index contributed by atoms with van der Waals surface area (Å²) in [7, 11) is 0. The van der Waals surface area contributed by atoms with Gasteiger partial charge in [-0.05, 0) is 51.1 Å². The molecule has 3 heterocycles. The Labute approximate surface area is 193 Å². The highest BCUT2D eigenvalue weighted by Crippen LogP contribution is 2.30. The van der Waals surface area contributed by atoms with Crippen LogP contribution in [0.5, 0.6) is 0 Å². The van der Waals surface area contributed by atoms with Gasteiger partial charge in [0.1, 0.15) is 11.3 Å². The van der Waals surface area contributed by atoms with E-state index in [4.69, 9.17) is 4.74 Å². The SMILES string of the molecule is CC(C)(C)OC(=O)N1CCN(c2ccc3nc(-c4cc(C(F)(F)F)ccn4)[nH]c(=O)c3c2)CC1. The Hall–Kier alpha value is -3.63. The van der Waals surface area contributed by atoms with Gasteiger partial charge in [-0.1, -0.05) is 0 Å². The molecule has 180 valence electrons. The van der Waals surface area contributed by atoms with Crippen molar-refractivity contribution in [3.8, 4) is 11.5 Å². The van der Waals surface area contributed by atoms with Crippen LogP contribution in [0.3, 0.4) is 0 Å². The number of hydrogen-bond acceptors (Lipinski definition) is 6. The molecule has 1 aliphatic heterocycles. The lowest BCUT2D eigenvalue weighted by Crippen LogP contribution is -2.50. The number of nitrogens with zero attached hydrogens (tertiary/aromatic N) is 4. The van der Waals surface area contributed by atoms with Gasteiger partial charge in [0.05, 0.1) is 16.5 Å². The van der Waals surface area contributed by atoms with Crippen LogP contribution in [-0.2, 0) is 10.9 Å². The normalized spacial score (nSPS) is 15.0. The molecular weight excluding hydrogens is 451 g/mol. The van der Waals surface area contributed by atoms with Gasteiger partial charge in [-0.25, -0.2) is 9.78 Å². The number of halogens is 3. The minimum atomic E-state index is -4.53. The topological polar surface area (TPSA) is 91.4 Å². The predicted molar refractivity (Wildman–Crippen MR) is 121 cm³/mol. The molecule has 0 aliphatic carbocycles. The molecule has 2 aromatic heterocycles. The molecule has 1 amide bonds. The second-order valence-corrected chi connectivity index (χ2v) is 9.00. The zero-order chi connectivity index (χ0) is 24.7. The van der Waals surface area contributed by atoms with Crippen LogP contribution in [0.15, 0.2) is 41.3 Å². The largest absolute Gasteiger partial charge is 0.444 e. The maximum atomic E-state index is 13.0. The maximum Gasteiger partial charge on any atom is 0.416 e. The van der Waals surface area contributed by atoms with Crippen molar-refractivity contribution in [2.75, 3.05) is 31.1 Å². The van der Waals surface area contributed by atoms with Crippen LogP contribution in [0.25, 0.3) is 22.4 Å². The number of pyridine rings is 1. The van der Waals surface area contributed by atoms with E-state index in [0.717, 1.165) is 24.0 Å². The van der Waals surface area contributed by atoms with E-state index in [1.807, 2.05) is 25.7 Å². The van der Waals surface area contributed by atoms with Crippen molar-refractivity contribution < 1.29 is 22.7 Å². The number of aromatic amines is 1. The smallest absolute Gasteiger partial charge is 0.416 e. The number of carbonyl (C=O) groups is 1. The average molecular weight is 475 g/mol. The number of anilines is 1. The number of amides is 1. The second kappa shape index (κ2) is 8.62. The Morgan fingerprint density at radius 3 is 2.41 bits per heavy atom. The molecule has 0 saturated carbocycles.